The molecule has 1 unspecified atom stereocenters. The van der Waals surface area contributed by atoms with Gasteiger partial charge in [0, 0.05) is 34.2 Å². The number of esters is 4. The summed E-state index contributed by atoms with van der Waals surface area (Å²) in [4.78, 5) is 47.8. The zero-order valence-corrected chi connectivity index (χ0v) is 24.5. The summed E-state index contributed by atoms with van der Waals surface area (Å²) >= 11 is 0. The number of rotatable bonds is 13. The van der Waals surface area contributed by atoms with Gasteiger partial charge in [0.2, 0.25) is 12.4 Å². The van der Waals surface area contributed by atoms with Crippen LogP contribution in [0.1, 0.15) is 38.8 Å². The van der Waals surface area contributed by atoms with Crippen molar-refractivity contribution >= 4 is 31.6 Å². The Morgan fingerprint density at radius 2 is 1.10 bits per heavy atom. The van der Waals surface area contributed by atoms with Crippen LogP contribution in [-0.2, 0) is 69.7 Å². The molecule has 0 bridgehead atoms. The van der Waals surface area contributed by atoms with E-state index in [1.165, 1.54) is 0 Å². The Morgan fingerprint density at radius 3 is 1.55 bits per heavy atom. The van der Waals surface area contributed by atoms with Crippen molar-refractivity contribution in [3.63, 3.8) is 0 Å². The van der Waals surface area contributed by atoms with Crippen molar-refractivity contribution in [1.29, 1.82) is 0 Å². The number of hydrogen-bond donors (Lipinski definition) is 1. The maximum atomic E-state index is 13.9. The number of carbonyl (C=O) groups is 4. The van der Waals surface area contributed by atoms with E-state index in [0.29, 0.717) is 0 Å². The molecule has 0 amide bonds. The molecule has 1 saturated heterocycles. The molecule has 2 aromatic carbocycles. The van der Waals surface area contributed by atoms with Gasteiger partial charge in [0.25, 0.3) is 0 Å². The summed E-state index contributed by atoms with van der Waals surface area (Å²) in [6.07, 6.45) is -7.12. The number of carbonyl (C=O) groups excluding carboxylic acids is 4. The molecular formula is C28H34NO12P. The average Bonchev–Trinajstić information content (AvgIpc) is 2.93. The van der Waals surface area contributed by atoms with Crippen LogP contribution in [0.4, 0.5) is 0 Å². The summed E-state index contributed by atoms with van der Waals surface area (Å²) in [6.45, 7) is 3.91. The first kappa shape index (κ1) is 32.9. The molecule has 2 aromatic rings. The highest BCUT2D eigenvalue weighted by atomic mass is 31.2. The van der Waals surface area contributed by atoms with Crippen LogP contribution in [0.15, 0.2) is 60.7 Å². The van der Waals surface area contributed by atoms with Crippen LogP contribution in [0.2, 0.25) is 0 Å². The molecule has 3 rings (SSSR count). The highest BCUT2D eigenvalue weighted by Crippen LogP contribution is 2.46. The quantitative estimate of drug-likeness (QED) is 0.201. The lowest BCUT2D eigenvalue weighted by atomic mass is 9.98. The summed E-state index contributed by atoms with van der Waals surface area (Å²) in [7, 11) is -4.08. The molecule has 0 aromatic heterocycles. The maximum Gasteiger partial charge on any atom is 0.406 e. The molecule has 5 atom stereocenters. The van der Waals surface area contributed by atoms with Crippen LogP contribution in [-0.4, -0.2) is 61.1 Å². The Hall–Kier alpha value is -3.61. The molecule has 1 aliphatic heterocycles. The summed E-state index contributed by atoms with van der Waals surface area (Å²) in [5.74, 6) is -3.17. The van der Waals surface area contributed by atoms with Gasteiger partial charge in [0.05, 0.1) is 13.2 Å². The van der Waals surface area contributed by atoms with Crippen molar-refractivity contribution < 1.29 is 56.5 Å². The molecule has 228 valence electrons. The van der Waals surface area contributed by atoms with Gasteiger partial charge in [0.1, 0.15) is 6.10 Å². The fourth-order valence-electron chi connectivity index (χ4n) is 4.08. The van der Waals surface area contributed by atoms with Gasteiger partial charge in [-0.15, -0.1) is 0 Å². The SMILES string of the molecule is CC(=O)OC1O[C@H](CNP(=O)(OCc2ccccc2)OCc2ccccc2)[C@@H](OC(C)=O)[C@H](OC(C)=O)[C@@H]1OC(C)=O. The average molecular weight is 608 g/mol. The highest BCUT2D eigenvalue weighted by molar-refractivity contribution is 7.51. The van der Waals surface area contributed by atoms with E-state index >= 15 is 0 Å². The van der Waals surface area contributed by atoms with Crippen molar-refractivity contribution in [1.82, 2.24) is 5.09 Å². The summed E-state index contributed by atoms with van der Waals surface area (Å²) in [5.41, 5.74) is 1.45. The third-order valence-electron chi connectivity index (χ3n) is 5.75. The fraction of sp³-hybridized carbons (Fsp3) is 0.429. The van der Waals surface area contributed by atoms with E-state index in [-0.39, 0.29) is 19.8 Å². The predicted octanol–water partition coefficient (Wildman–Crippen LogP) is 3.20. The number of benzene rings is 2. The van der Waals surface area contributed by atoms with Crippen LogP contribution in [0.25, 0.3) is 0 Å². The van der Waals surface area contributed by atoms with Crippen LogP contribution >= 0.6 is 7.75 Å². The third kappa shape index (κ3) is 10.3. The number of hydrogen-bond acceptors (Lipinski definition) is 12. The minimum absolute atomic E-state index is 0.0700. The van der Waals surface area contributed by atoms with Gasteiger partial charge >= 0.3 is 31.6 Å². The van der Waals surface area contributed by atoms with Gasteiger partial charge < -0.3 is 23.7 Å². The maximum absolute atomic E-state index is 13.9. The first-order valence-electron chi connectivity index (χ1n) is 13.0. The van der Waals surface area contributed by atoms with Crippen LogP contribution < -0.4 is 5.09 Å². The lowest BCUT2D eigenvalue weighted by Crippen LogP contribution is -2.63. The van der Waals surface area contributed by atoms with Gasteiger partial charge in [-0.1, -0.05) is 60.7 Å². The van der Waals surface area contributed by atoms with E-state index in [4.69, 9.17) is 32.7 Å². The lowest BCUT2D eigenvalue weighted by Gasteiger charge is -2.44. The van der Waals surface area contributed by atoms with Crippen molar-refractivity contribution in [2.45, 2.75) is 71.6 Å². The van der Waals surface area contributed by atoms with E-state index in [2.05, 4.69) is 5.09 Å². The monoisotopic (exact) mass is 607 g/mol. The summed E-state index contributed by atoms with van der Waals surface area (Å²) in [5, 5.41) is 2.72. The molecule has 14 heteroatoms. The van der Waals surface area contributed by atoms with E-state index in [1.54, 1.807) is 48.5 Å². The predicted molar refractivity (Wildman–Crippen MR) is 145 cm³/mol. The lowest BCUT2D eigenvalue weighted by molar-refractivity contribution is -0.294. The molecule has 0 aliphatic carbocycles. The van der Waals surface area contributed by atoms with Gasteiger partial charge in [-0.3, -0.25) is 28.2 Å². The Morgan fingerprint density at radius 1 is 0.667 bits per heavy atom. The Labute approximate surface area is 243 Å². The molecule has 42 heavy (non-hydrogen) atoms. The molecule has 1 N–H and O–H groups in total. The van der Waals surface area contributed by atoms with Gasteiger partial charge in [-0.05, 0) is 11.1 Å². The molecular weight excluding hydrogens is 573 g/mol. The molecule has 0 radical (unpaired) electrons. The standard InChI is InChI=1S/C28H34NO12P/c1-18(30)37-25-24(41-28(40-21(4)33)27(39-20(3)32)26(25)38-19(2)31)15-29-42(34,35-16-22-11-7-5-8-12-22)36-17-23-13-9-6-10-14-23/h5-14,24-28H,15-17H2,1-4H3,(H,29,34)/t24-,25-,26+,27+,28?/m1/s1. The van der Waals surface area contributed by atoms with Gasteiger partial charge in [-0.25, -0.2) is 9.65 Å². The molecule has 1 aliphatic rings. The van der Waals surface area contributed by atoms with Crippen LogP contribution in [0.5, 0.6) is 0 Å². The van der Waals surface area contributed by atoms with E-state index in [0.717, 1.165) is 38.8 Å². The topological polar surface area (TPSA) is 162 Å². The first-order chi connectivity index (χ1) is 20.0. The van der Waals surface area contributed by atoms with E-state index in [1.807, 2.05) is 12.1 Å². The second-order valence-corrected chi connectivity index (χ2v) is 11.1. The normalized spacial score (nSPS) is 22.0. The molecule has 1 heterocycles. The van der Waals surface area contributed by atoms with Crippen molar-refractivity contribution in [2.75, 3.05) is 6.54 Å². The smallest absolute Gasteiger partial charge is 0.406 e. The summed E-state index contributed by atoms with van der Waals surface area (Å²) in [6, 6.07) is 18.0. The second kappa shape index (κ2) is 15.6. The van der Waals surface area contributed by atoms with Gasteiger partial charge in [-0.2, -0.15) is 0 Å². The van der Waals surface area contributed by atoms with Crippen molar-refractivity contribution in [2.24, 2.45) is 0 Å². The van der Waals surface area contributed by atoms with Gasteiger partial charge in [0.15, 0.2) is 12.2 Å². The Kier molecular flexibility index (Phi) is 12.2. The first-order valence-corrected chi connectivity index (χ1v) is 14.6. The minimum Gasteiger partial charge on any atom is -0.456 e. The number of nitrogens with one attached hydrogen (secondary N) is 1. The van der Waals surface area contributed by atoms with Crippen molar-refractivity contribution in [3.05, 3.63) is 71.8 Å². The third-order valence-corrected chi connectivity index (χ3v) is 7.26. The summed E-state index contributed by atoms with van der Waals surface area (Å²) < 4.78 is 52.5. The number of ether oxygens (including phenoxy) is 5. The fourth-order valence-corrected chi connectivity index (χ4v) is 5.37. The van der Waals surface area contributed by atoms with E-state index in [9.17, 15) is 23.7 Å². The molecule has 13 nitrogen and oxygen atoms in total. The largest absolute Gasteiger partial charge is 0.456 e. The van der Waals surface area contributed by atoms with Crippen molar-refractivity contribution in [3.8, 4) is 0 Å². The molecule has 0 saturated carbocycles. The van der Waals surface area contributed by atoms with Crippen LogP contribution in [0, 0.1) is 0 Å². The molecule has 0 spiro atoms. The Bertz CT molecular complexity index is 1210. The van der Waals surface area contributed by atoms with Crippen LogP contribution in [0.3, 0.4) is 0 Å². The zero-order valence-electron chi connectivity index (χ0n) is 23.6. The zero-order chi connectivity index (χ0) is 30.7. The molecule has 1 fully saturated rings. The highest BCUT2D eigenvalue weighted by Gasteiger charge is 2.53. The second-order valence-electron chi connectivity index (χ2n) is 9.25. The minimum atomic E-state index is -4.08. The van der Waals surface area contributed by atoms with E-state index < -0.39 is 62.3 Å². The Balaban J connectivity index is 1.89.